The predicted octanol–water partition coefficient (Wildman–Crippen LogP) is 5.06. The summed E-state index contributed by atoms with van der Waals surface area (Å²) in [6.07, 6.45) is 1.54. The minimum atomic E-state index is -0.713. The lowest BCUT2D eigenvalue weighted by molar-refractivity contribution is -0.152. The molecule has 1 saturated heterocycles. The van der Waals surface area contributed by atoms with Crippen molar-refractivity contribution in [3.63, 3.8) is 0 Å². The van der Waals surface area contributed by atoms with Crippen molar-refractivity contribution in [3.8, 4) is 22.9 Å². The number of methoxy groups -OCH3 is 2. The van der Waals surface area contributed by atoms with Gasteiger partial charge in [-0.3, -0.25) is 24.1 Å². The minimum Gasteiger partial charge on any atom is -0.497 e. The van der Waals surface area contributed by atoms with E-state index in [2.05, 4.69) is 36.4 Å². The SMILES string of the molecule is COc1ccc(OC)c(-n2nnc(C(=O)Nc3cc(OCCCCN4C(=O)CCC(N5Cc6c(N)cccc6C5=O)C4=O)cc(C(C)(C)C)c3)c2C)c1. The van der Waals surface area contributed by atoms with Crippen LogP contribution in [-0.2, 0) is 21.5 Å². The van der Waals surface area contributed by atoms with Crippen molar-refractivity contribution in [1.29, 1.82) is 0 Å². The number of nitrogens with one attached hydrogen (secondary N) is 1. The second-order valence-corrected chi connectivity index (χ2v) is 14.2. The summed E-state index contributed by atoms with van der Waals surface area (Å²) < 4.78 is 18.5. The number of carbonyl (C=O) groups excluding carboxylic acids is 4. The van der Waals surface area contributed by atoms with Crippen LogP contribution in [0.4, 0.5) is 11.4 Å². The van der Waals surface area contributed by atoms with E-state index in [1.165, 1.54) is 14.5 Å². The smallest absolute Gasteiger partial charge is 0.278 e. The van der Waals surface area contributed by atoms with E-state index in [0.717, 1.165) is 11.1 Å². The Hall–Kier alpha value is -5.92. The van der Waals surface area contributed by atoms with Crippen molar-refractivity contribution in [3.05, 3.63) is 82.7 Å². The standard InChI is InChI=1S/C39H45N7O7/c1-23-35(42-43-46(23)32-21-26(51-5)12-14-33(32)52-6)36(48)41-25-18-24(39(2,3)4)19-27(20-25)53-17-8-7-16-44-34(47)15-13-31(38(44)50)45-22-29-28(37(45)49)10-9-11-30(29)40/h9-12,14,18-21,31H,7-8,13,15-17,22,40H2,1-6H3,(H,41,48). The number of likely N-dealkylation sites (tertiary alicyclic amines) is 1. The largest absolute Gasteiger partial charge is 0.497 e. The quantitative estimate of drug-likeness (QED) is 0.114. The lowest BCUT2D eigenvalue weighted by Crippen LogP contribution is -2.54. The molecule has 1 aromatic heterocycles. The summed E-state index contributed by atoms with van der Waals surface area (Å²) in [5.74, 6) is 0.417. The number of anilines is 2. The number of unbranched alkanes of at least 4 members (excludes halogenated alkanes) is 1. The lowest BCUT2D eigenvalue weighted by Gasteiger charge is -2.35. The van der Waals surface area contributed by atoms with Crippen LogP contribution >= 0.6 is 0 Å². The average molecular weight is 724 g/mol. The first-order valence-electron chi connectivity index (χ1n) is 17.6. The summed E-state index contributed by atoms with van der Waals surface area (Å²) >= 11 is 0. The summed E-state index contributed by atoms with van der Waals surface area (Å²) in [5, 5.41) is 11.4. The van der Waals surface area contributed by atoms with Crippen LogP contribution in [0.25, 0.3) is 5.69 Å². The Morgan fingerprint density at radius 1 is 1.00 bits per heavy atom. The molecule has 1 unspecified atom stereocenters. The molecule has 3 heterocycles. The van der Waals surface area contributed by atoms with Gasteiger partial charge in [-0.2, -0.15) is 0 Å². The van der Waals surface area contributed by atoms with Gasteiger partial charge in [0.1, 0.15) is 29.0 Å². The van der Waals surface area contributed by atoms with Gasteiger partial charge < -0.3 is 30.2 Å². The van der Waals surface area contributed by atoms with E-state index in [-0.39, 0.29) is 54.8 Å². The molecule has 0 radical (unpaired) electrons. The molecule has 2 aliphatic rings. The van der Waals surface area contributed by atoms with Gasteiger partial charge in [-0.05, 0) is 73.6 Å². The molecule has 1 atom stereocenters. The molecular formula is C39H45N7O7. The number of ether oxygens (including phenoxy) is 3. The van der Waals surface area contributed by atoms with E-state index in [1.54, 1.807) is 63.6 Å². The fraction of sp³-hybridized carbons (Fsp3) is 0.385. The van der Waals surface area contributed by atoms with E-state index in [0.29, 0.717) is 65.0 Å². The Bertz CT molecular complexity index is 2070. The summed E-state index contributed by atoms with van der Waals surface area (Å²) in [6.45, 7) is 8.74. The highest BCUT2D eigenvalue weighted by Gasteiger charge is 2.42. The fourth-order valence-electron chi connectivity index (χ4n) is 6.65. The van der Waals surface area contributed by atoms with Crippen molar-refractivity contribution in [2.45, 2.75) is 71.4 Å². The third-order valence-corrected chi connectivity index (χ3v) is 9.69. The summed E-state index contributed by atoms with van der Waals surface area (Å²) in [6, 6.07) is 15.3. The van der Waals surface area contributed by atoms with Crippen molar-refractivity contribution < 1.29 is 33.4 Å². The zero-order chi connectivity index (χ0) is 38.0. The number of aromatic nitrogens is 3. The molecule has 14 heteroatoms. The number of hydrogen-bond acceptors (Lipinski definition) is 10. The Labute approximate surface area is 308 Å². The molecule has 4 aromatic rings. The number of carbonyl (C=O) groups is 4. The van der Waals surface area contributed by atoms with E-state index >= 15 is 0 Å². The molecule has 278 valence electrons. The molecule has 53 heavy (non-hydrogen) atoms. The fourth-order valence-corrected chi connectivity index (χ4v) is 6.65. The Kier molecular flexibility index (Phi) is 10.4. The van der Waals surface area contributed by atoms with E-state index < -0.39 is 11.9 Å². The Morgan fingerprint density at radius 3 is 2.51 bits per heavy atom. The second-order valence-electron chi connectivity index (χ2n) is 14.2. The molecule has 1 fully saturated rings. The highest BCUT2D eigenvalue weighted by Crippen LogP contribution is 2.33. The molecule has 6 rings (SSSR count). The number of nitrogens with zero attached hydrogens (tertiary/aromatic N) is 5. The van der Waals surface area contributed by atoms with Gasteiger partial charge in [0.2, 0.25) is 5.91 Å². The first-order valence-corrected chi connectivity index (χ1v) is 17.6. The zero-order valence-corrected chi connectivity index (χ0v) is 30.9. The van der Waals surface area contributed by atoms with Crippen LogP contribution in [0.2, 0.25) is 0 Å². The third kappa shape index (κ3) is 7.52. The Balaban J connectivity index is 1.08. The van der Waals surface area contributed by atoms with Crippen LogP contribution < -0.4 is 25.3 Å². The van der Waals surface area contributed by atoms with Crippen LogP contribution in [-0.4, -0.2) is 81.8 Å². The number of rotatable bonds is 12. The van der Waals surface area contributed by atoms with E-state index in [1.807, 2.05) is 12.1 Å². The van der Waals surface area contributed by atoms with Crippen LogP contribution in [0.1, 0.15) is 84.1 Å². The molecule has 2 aliphatic heterocycles. The topological polar surface area (TPSA) is 171 Å². The van der Waals surface area contributed by atoms with E-state index in [9.17, 15) is 19.2 Å². The van der Waals surface area contributed by atoms with Crippen LogP contribution in [0.15, 0.2) is 54.6 Å². The van der Waals surface area contributed by atoms with Gasteiger partial charge in [-0.25, -0.2) is 4.68 Å². The molecule has 0 bridgehead atoms. The van der Waals surface area contributed by atoms with Gasteiger partial charge in [0.25, 0.3) is 17.7 Å². The molecule has 0 spiro atoms. The number of hydrogen-bond donors (Lipinski definition) is 2. The minimum absolute atomic E-state index is 0.144. The Morgan fingerprint density at radius 2 is 1.79 bits per heavy atom. The second kappa shape index (κ2) is 15.0. The van der Waals surface area contributed by atoms with E-state index in [4.69, 9.17) is 19.9 Å². The van der Waals surface area contributed by atoms with Gasteiger partial charge in [-0.1, -0.05) is 32.1 Å². The van der Waals surface area contributed by atoms with Gasteiger partial charge >= 0.3 is 0 Å². The average Bonchev–Trinajstić information content (AvgIpc) is 3.68. The molecule has 3 N–H and O–H groups in total. The predicted molar refractivity (Wildman–Crippen MR) is 197 cm³/mol. The van der Waals surface area contributed by atoms with Gasteiger partial charge in [0.05, 0.1) is 26.5 Å². The van der Waals surface area contributed by atoms with Gasteiger partial charge in [-0.15, -0.1) is 5.10 Å². The normalized spacial score (nSPS) is 15.8. The highest BCUT2D eigenvalue weighted by molar-refractivity contribution is 6.06. The number of nitrogen functional groups attached to an aromatic ring is 1. The molecule has 3 aromatic carbocycles. The van der Waals surface area contributed by atoms with Crippen LogP contribution in [0.3, 0.4) is 0 Å². The first-order chi connectivity index (χ1) is 25.3. The maximum Gasteiger partial charge on any atom is 0.278 e. The molecular weight excluding hydrogens is 678 g/mol. The number of fused-ring (bicyclic) bond motifs is 1. The lowest BCUT2D eigenvalue weighted by atomic mass is 9.86. The summed E-state index contributed by atoms with van der Waals surface area (Å²) in [5.41, 5.74) is 10.3. The number of amides is 4. The van der Waals surface area contributed by atoms with Gasteiger partial charge in [0, 0.05) is 54.1 Å². The van der Waals surface area contributed by atoms with Crippen molar-refractivity contribution in [1.82, 2.24) is 24.8 Å². The van der Waals surface area contributed by atoms with Crippen molar-refractivity contribution in [2.24, 2.45) is 0 Å². The molecule has 0 saturated carbocycles. The highest BCUT2D eigenvalue weighted by atomic mass is 16.5. The van der Waals surface area contributed by atoms with Crippen LogP contribution in [0.5, 0.6) is 17.2 Å². The maximum atomic E-state index is 13.5. The molecule has 0 aliphatic carbocycles. The number of piperidine rings is 1. The van der Waals surface area contributed by atoms with Crippen molar-refractivity contribution in [2.75, 3.05) is 38.4 Å². The monoisotopic (exact) mass is 723 g/mol. The molecule has 4 amide bonds. The zero-order valence-electron chi connectivity index (χ0n) is 30.9. The summed E-state index contributed by atoms with van der Waals surface area (Å²) in [4.78, 5) is 55.7. The summed E-state index contributed by atoms with van der Waals surface area (Å²) in [7, 11) is 3.11. The van der Waals surface area contributed by atoms with Crippen molar-refractivity contribution >= 4 is 35.0 Å². The third-order valence-electron chi connectivity index (χ3n) is 9.69. The van der Waals surface area contributed by atoms with Gasteiger partial charge in [0.15, 0.2) is 5.69 Å². The number of benzene rings is 3. The van der Waals surface area contributed by atoms with Crippen LogP contribution in [0, 0.1) is 6.92 Å². The molecule has 14 nitrogen and oxygen atoms in total. The first kappa shape index (κ1) is 36.9. The maximum absolute atomic E-state index is 13.5. The number of imide groups is 1. The number of nitrogens with two attached hydrogens (primary N) is 1.